The second-order valence-corrected chi connectivity index (χ2v) is 10.6. The van der Waals surface area contributed by atoms with Crippen LogP contribution in [0, 0.1) is 11.3 Å². The first-order chi connectivity index (χ1) is 16.9. The van der Waals surface area contributed by atoms with Gasteiger partial charge >= 0.3 is 0 Å². The van der Waals surface area contributed by atoms with E-state index in [0.717, 1.165) is 5.56 Å². The Kier molecular flexibility index (Phi) is 6.10. The molecule has 0 radical (unpaired) electrons. The van der Waals surface area contributed by atoms with Crippen molar-refractivity contribution in [1.29, 1.82) is 5.26 Å². The van der Waals surface area contributed by atoms with Crippen molar-refractivity contribution in [2.24, 2.45) is 0 Å². The summed E-state index contributed by atoms with van der Waals surface area (Å²) < 4.78 is 29.2. The van der Waals surface area contributed by atoms with Gasteiger partial charge < -0.3 is 4.98 Å². The van der Waals surface area contributed by atoms with E-state index in [4.69, 9.17) is 11.6 Å². The number of hydrogen-bond acceptors (Lipinski definition) is 7. The minimum absolute atomic E-state index is 0.00319. The van der Waals surface area contributed by atoms with Crippen LogP contribution < -0.4 is 5.56 Å². The SMILES string of the molecule is N#Cc1ccccc1S(=O)(=O)N1CCC(c2nc3c(nnn3Cc3ccccc3Cl)c(=O)[nH]2)CC1. The number of piperidine rings is 1. The monoisotopic (exact) mass is 509 g/mol. The molecule has 1 saturated heterocycles. The zero-order chi connectivity index (χ0) is 24.6. The number of halogens is 1. The van der Waals surface area contributed by atoms with Crippen LogP contribution in [-0.2, 0) is 16.6 Å². The number of nitrogens with one attached hydrogen (secondary N) is 1. The molecule has 2 aromatic heterocycles. The normalized spacial score (nSPS) is 15.3. The maximum absolute atomic E-state index is 13.1. The molecule has 1 N–H and O–H groups in total. The number of aromatic amines is 1. The first-order valence-corrected chi connectivity index (χ1v) is 12.8. The number of H-pyrrole nitrogens is 1. The molecule has 0 saturated carbocycles. The predicted molar refractivity (Wildman–Crippen MR) is 128 cm³/mol. The van der Waals surface area contributed by atoms with Gasteiger partial charge in [0.2, 0.25) is 10.0 Å². The minimum Gasteiger partial charge on any atom is -0.308 e. The van der Waals surface area contributed by atoms with E-state index in [9.17, 15) is 18.5 Å². The first-order valence-electron chi connectivity index (χ1n) is 10.9. The summed E-state index contributed by atoms with van der Waals surface area (Å²) >= 11 is 6.27. The van der Waals surface area contributed by atoms with Gasteiger partial charge in [0.1, 0.15) is 11.9 Å². The predicted octanol–water partition coefficient (Wildman–Crippen LogP) is 2.66. The van der Waals surface area contributed by atoms with Crippen molar-refractivity contribution < 1.29 is 8.42 Å². The van der Waals surface area contributed by atoms with Gasteiger partial charge in [0.05, 0.1) is 17.0 Å². The second kappa shape index (κ2) is 9.22. The van der Waals surface area contributed by atoms with Crippen molar-refractivity contribution in [3.63, 3.8) is 0 Å². The van der Waals surface area contributed by atoms with Gasteiger partial charge in [-0.1, -0.05) is 47.1 Å². The van der Waals surface area contributed by atoms with Crippen molar-refractivity contribution in [3.05, 3.63) is 80.9 Å². The third kappa shape index (κ3) is 4.32. The lowest BCUT2D eigenvalue weighted by molar-refractivity contribution is 0.313. The summed E-state index contributed by atoms with van der Waals surface area (Å²) in [6, 6.07) is 15.4. The molecule has 0 spiro atoms. The highest BCUT2D eigenvalue weighted by Gasteiger charge is 2.32. The largest absolute Gasteiger partial charge is 0.308 e. The summed E-state index contributed by atoms with van der Waals surface area (Å²) in [5.74, 6) is 0.327. The van der Waals surface area contributed by atoms with E-state index in [1.807, 2.05) is 24.3 Å². The summed E-state index contributed by atoms with van der Waals surface area (Å²) in [5, 5.41) is 17.9. The Hall–Kier alpha value is -3.59. The molecule has 1 fully saturated rings. The van der Waals surface area contributed by atoms with E-state index in [0.29, 0.717) is 35.9 Å². The number of benzene rings is 2. The molecule has 178 valence electrons. The number of hydrogen-bond donors (Lipinski definition) is 1. The maximum atomic E-state index is 13.1. The van der Waals surface area contributed by atoms with Crippen LogP contribution in [0.15, 0.2) is 58.2 Å². The Morgan fingerprint density at radius 2 is 1.83 bits per heavy atom. The molecule has 0 unspecified atom stereocenters. The van der Waals surface area contributed by atoms with Gasteiger partial charge in [-0.05, 0) is 36.6 Å². The van der Waals surface area contributed by atoms with E-state index in [1.54, 1.807) is 18.2 Å². The van der Waals surface area contributed by atoms with E-state index < -0.39 is 15.6 Å². The number of aromatic nitrogens is 5. The van der Waals surface area contributed by atoms with Gasteiger partial charge in [-0.15, -0.1) is 5.10 Å². The molecule has 1 aliphatic heterocycles. The topological polar surface area (TPSA) is 138 Å². The van der Waals surface area contributed by atoms with Crippen LogP contribution in [0.5, 0.6) is 0 Å². The Bertz CT molecular complexity index is 1620. The van der Waals surface area contributed by atoms with E-state index in [2.05, 4.69) is 20.3 Å². The van der Waals surface area contributed by atoms with Crippen LogP contribution in [0.4, 0.5) is 0 Å². The fourth-order valence-corrected chi connectivity index (χ4v) is 6.07. The zero-order valence-electron chi connectivity index (χ0n) is 18.4. The second-order valence-electron chi connectivity index (χ2n) is 8.25. The Morgan fingerprint density at radius 3 is 2.57 bits per heavy atom. The smallest absolute Gasteiger partial charge is 0.281 e. The van der Waals surface area contributed by atoms with E-state index in [-0.39, 0.29) is 35.0 Å². The Balaban J connectivity index is 1.39. The van der Waals surface area contributed by atoms with Crippen LogP contribution in [0.25, 0.3) is 11.2 Å². The van der Waals surface area contributed by atoms with Crippen molar-refractivity contribution in [2.75, 3.05) is 13.1 Å². The molecule has 0 atom stereocenters. The molecule has 4 aromatic rings. The molecular formula is C23H20ClN7O3S. The highest BCUT2D eigenvalue weighted by molar-refractivity contribution is 7.89. The van der Waals surface area contributed by atoms with Crippen molar-refractivity contribution >= 4 is 32.8 Å². The van der Waals surface area contributed by atoms with Gasteiger partial charge in [-0.2, -0.15) is 9.57 Å². The average Bonchev–Trinajstić information content (AvgIpc) is 3.28. The highest BCUT2D eigenvalue weighted by atomic mass is 35.5. The minimum atomic E-state index is -3.81. The summed E-state index contributed by atoms with van der Waals surface area (Å²) in [5.41, 5.74) is 1.02. The van der Waals surface area contributed by atoms with Crippen molar-refractivity contribution in [1.82, 2.24) is 29.3 Å². The molecule has 3 heterocycles. The fraction of sp³-hybridized carbons (Fsp3) is 0.261. The Morgan fingerprint density at radius 1 is 1.11 bits per heavy atom. The van der Waals surface area contributed by atoms with Gasteiger partial charge in [0, 0.05) is 24.0 Å². The molecular weight excluding hydrogens is 490 g/mol. The molecule has 12 heteroatoms. The van der Waals surface area contributed by atoms with Crippen LogP contribution in [0.2, 0.25) is 5.02 Å². The summed E-state index contributed by atoms with van der Waals surface area (Å²) in [6.07, 6.45) is 0.933. The average molecular weight is 510 g/mol. The molecule has 0 amide bonds. The van der Waals surface area contributed by atoms with Crippen LogP contribution in [0.1, 0.15) is 35.7 Å². The van der Waals surface area contributed by atoms with E-state index >= 15 is 0 Å². The lowest BCUT2D eigenvalue weighted by atomic mass is 9.97. The number of rotatable bonds is 5. The Labute approximate surface area is 205 Å². The van der Waals surface area contributed by atoms with Gasteiger partial charge in [-0.3, -0.25) is 4.79 Å². The van der Waals surface area contributed by atoms with Crippen LogP contribution in [-0.4, -0.2) is 50.8 Å². The molecule has 10 nitrogen and oxygen atoms in total. The van der Waals surface area contributed by atoms with Crippen molar-refractivity contribution in [2.45, 2.75) is 30.2 Å². The molecule has 0 bridgehead atoms. The number of nitriles is 1. The van der Waals surface area contributed by atoms with E-state index in [1.165, 1.54) is 21.1 Å². The quantitative estimate of drug-likeness (QED) is 0.436. The van der Waals surface area contributed by atoms with Gasteiger partial charge in [0.25, 0.3) is 5.56 Å². The number of sulfonamides is 1. The molecule has 1 aliphatic rings. The summed E-state index contributed by atoms with van der Waals surface area (Å²) in [7, 11) is -3.81. The third-order valence-electron chi connectivity index (χ3n) is 6.14. The third-order valence-corrected chi connectivity index (χ3v) is 8.46. The lowest BCUT2D eigenvalue weighted by Crippen LogP contribution is -2.38. The maximum Gasteiger partial charge on any atom is 0.281 e. The van der Waals surface area contributed by atoms with Gasteiger partial charge in [0.15, 0.2) is 11.2 Å². The first kappa shape index (κ1) is 23.2. The molecule has 2 aromatic carbocycles. The lowest BCUT2D eigenvalue weighted by Gasteiger charge is -2.30. The standard InChI is InChI=1S/C23H20ClN7O3S/c24-18-7-3-1-6-17(18)14-31-22-20(28-29-31)23(32)27-21(26-22)15-9-11-30(12-10-15)35(33,34)19-8-4-2-5-16(19)13-25/h1-8,15H,9-12,14H2,(H,26,27,32). The summed E-state index contributed by atoms with van der Waals surface area (Å²) in [4.78, 5) is 20.1. The fourth-order valence-electron chi connectivity index (χ4n) is 4.26. The zero-order valence-corrected chi connectivity index (χ0v) is 20.0. The van der Waals surface area contributed by atoms with Crippen molar-refractivity contribution in [3.8, 4) is 6.07 Å². The van der Waals surface area contributed by atoms with Gasteiger partial charge in [-0.25, -0.2) is 18.1 Å². The molecule has 5 rings (SSSR count). The molecule has 35 heavy (non-hydrogen) atoms. The van der Waals surface area contributed by atoms with Crippen LogP contribution >= 0.6 is 11.6 Å². The highest BCUT2D eigenvalue weighted by Crippen LogP contribution is 2.30. The number of fused-ring (bicyclic) bond motifs is 1. The van der Waals surface area contributed by atoms with Crippen LogP contribution in [0.3, 0.4) is 0 Å². The number of nitrogens with zero attached hydrogens (tertiary/aromatic N) is 6. The summed E-state index contributed by atoms with van der Waals surface area (Å²) in [6.45, 7) is 0.790. The molecule has 0 aliphatic carbocycles.